The molecule has 1 N–H and O–H groups in total. The van der Waals surface area contributed by atoms with E-state index >= 15 is 0 Å². The Kier molecular flexibility index (Phi) is 4.88. The van der Waals surface area contributed by atoms with Crippen molar-refractivity contribution < 1.29 is 9.18 Å². The van der Waals surface area contributed by atoms with Gasteiger partial charge in [-0.05, 0) is 24.6 Å². The van der Waals surface area contributed by atoms with Gasteiger partial charge in [-0.2, -0.15) is 9.67 Å². The fourth-order valence-corrected chi connectivity index (χ4v) is 2.36. The summed E-state index contributed by atoms with van der Waals surface area (Å²) in [7, 11) is 0. The summed E-state index contributed by atoms with van der Waals surface area (Å²) in [5.74, 6) is 0.442. The van der Waals surface area contributed by atoms with Crippen LogP contribution in [-0.4, -0.2) is 20.7 Å². The van der Waals surface area contributed by atoms with E-state index < -0.39 is 0 Å². The summed E-state index contributed by atoms with van der Waals surface area (Å²) >= 11 is 0. The van der Waals surface area contributed by atoms with Gasteiger partial charge in [0.1, 0.15) is 5.82 Å². The van der Waals surface area contributed by atoms with Crippen molar-refractivity contribution >= 4 is 11.9 Å². The highest BCUT2D eigenvalue weighted by molar-refractivity contribution is 5.81. The smallest absolute Gasteiger partial charge is 0.249 e. The standard InChI is InChI=1S/C19H19FN4O/c1-3-17(25)24-19(21-12-14-6-10-16(20)11-7-14)22-18(23-24)15-8-4-13(2)5-9-15/h4-11H,3,12H2,1-2H3,(H,21,22,23). The van der Waals surface area contributed by atoms with Gasteiger partial charge in [0.2, 0.25) is 11.9 Å². The van der Waals surface area contributed by atoms with Gasteiger partial charge in [0.25, 0.3) is 0 Å². The highest BCUT2D eigenvalue weighted by Gasteiger charge is 2.16. The van der Waals surface area contributed by atoms with Gasteiger partial charge in [0.15, 0.2) is 5.82 Å². The van der Waals surface area contributed by atoms with Gasteiger partial charge in [0.05, 0.1) is 0 Å². The molecule has 1 aromatic heterocycles. The molecule has 25 heavy (non-hydrogen) atoms. The molecular formula is C19H19FN4O. The molecule has 0 spiro atoms. The van der Waals surface area contributed by atoms with Crippen molar-refractivity contribution in [2.24, 2.45) is 0 Å². The molecule has 128 valence electrons. The first-order chi connectivity index (χ1) is 12.1. The number of hydrogen-bond acceptors (Lipinski definition) is 4. The molecule has 6 heteroatoms. The lowest BCUT2D eigenvalue weighted by Crippen LogP contribution is -2.15. The predicted molar refractivity (Wildman–Crippen MR) is 94.8 cm³/mol. The Balaban J connectivity index is 1.87. The first kappa shape index (κ1) is 16.8. The minimum Gasteiger partial charge on any atom is -0.350 e. The summed E-state index contributed by atoms with van der Waals surface area (Å²) in [5.41, 5.74) is 2.87. The number of aryl methyl sites for hydroxylation is 1. The Bertz CT molecular complexity index is 869. The third-order valence-corrected chi connectivity index (χ3v) is 3.82. The maximum absolute atomic E-state index is 13.0. The van der Waals surface area contributed by atoms with E-state index in [1.807, 2.05) is 31.2 Å². The predicted octanol–water partition coefficient (Wildman–Crippen LogP) is 4.05. The molecule has 0 aliphatic carbocycles. The molecule has 3 aromatic rings. The number of rotatable bonds is 5. The highest BCUT2D eigenvalue weighted by atomic mass is 19.1. The molecule has 0 bridgehead atoms. The quantitative estimate of drug-likeness (QED) is 0.762. The van der Waals surface area contributed by atoms with E-state index in [1.54, 1.807) is 19.1 Å². The van der Waals surface area contributed by atoms with Crippen LogP contribution in [0.5, 0.6) is 0 Å². The fourth-order valence-electron chi connectivity index (χ4n) is 2.36. The SMILES string of the molecule is CCC(=O)n1nc(-c2ccc(C)cc2)nc1NCc1ccc(F)cc1. The third-order valence-electron chi connectivity index (χ3n) is 3.82. The maximum Gasteiger partial charge on any atom is 0.249 e. The van der Waals surface area contributed by atoms with Crippen molar-refractivity contribution in [3.05, 3.63) is 65.5 Å². The topological polar surface area (TPSA) is 59.8 Å². The molecule has 2 aromatic carbocycles. The summed E-state index contributed by atoms with van der Waals surface area (Å²) < 4.78 is 14.3. The number of aromatic nitrogens is 3. The number of nitrogens with zero attached hydrogens (tertiary/aromatic N) is 3. The molecule has 5 nitrogen and oxygen atoms in total. The summed E-state index contributed by atoms with van der Waals surface area (Å²) in [5, 5.41) is 7.45. The third kappa shape index (κ3) is 3.91. The van der Waals surface area contributed by atoms with Crippen LogP contribution < -0.4 is 5.32 Å². The molecular weight excluding hydrogens is 319 g/mol. The minimum atomic E-state index is -0.283. The summed E-state index contributed by atoms with van der Waals surface area (Å²) in [6.45, 7) is 4.20. The summed E-state index contributed by atoms with van der Waals surface area (Å²) in [6.07, 6.45) is 0.321. The van der Waals surface area contributed by atoms with Gasteiger partial charge >= 0.3 is 0 Å². The van der Waals surface area contributed by atoms with E-state index in [2.05, 4.69) is 15.4 Å². The number of carbonyl (C=O) groups excluding carboxylic acids is 1. The zero-order chi connectivity index (χ0) is 17.8. The van der Waals surface area contributed by atoms with Crippen LogP contribution in [0.3, 0.4) is 0 Å². The first-order valence-corrected chi connectivity index (χ1v) is 8.12. The van der Waals surface area contributed by atoms with E-state index in [-0.39, 0.29) is 11.7 Å². The van der Waals surface area contributed by atoms with Gasteiger partial charge in [-0.1, -0.05) is 48.9 Å². The van der Waals surface area contributed by atoms with E-state index in [0.717, 1.165) is 16.7 Å². The Morgan fingerprint density at radius 2 is 1.80 bits per heavy atom. The molecule has 0 amide bonds. The van der Waals surface area contributed by atoms with Crippen molar-refractivity contribution in [3.63, 3.8) is 0 Å². The lowest BCUT2D eigenvalue weighted by molar-refractivity contribution is 0.0895. The molecule has 1 heterocycles. The van der Waals surface area contributed by atoms with Crippen LogP contribution in [-0.2, 0) is 6.54 Å². The average molecular weight is 338 g/mol. The first-order valence-electron chi connectivity index (χ1n) is 8.12. The molecule has 0 unspecified atom stereocenters. The molecule has 0 saturated heterocycles. The lowest BCUT2D eigenvalue weighted by Gasteiger charge is -2.06. The largest absolute Gasteiger partial charge is 0.350 e. The Hall–Kier alpha value is -3.02. The Morgan fingerprint density at radius 1 is 1.12 bits per heavy atom. The molecule has 0 aliphatic rings. The second-order valence-electron chi connectivity index (χ2n) is 5.76. The van der Waals surface area contributed by atoms with Gasteiger partial charge in [0, 0.05) is 18.5 Å². The van der Waals surface area contributed by atoms with Crippen LogP contribution in [0.15, 0.2) is 48.5 Å². The molecule has 0 atom stereocenters. The summed E-state index contributed by atoms with van der Waals surface area (Å²) in [4.78, 5) is 16.6. The van der Waals surface area contributed by atoms with E-state index in [4.69, 9.17) is 0 Å². The van der Waals surface area contributed by atoms with Crippen LogP contribution in [0, 0.1) is 12.7 Å². The number of benzene rings is 2. The molecule has 0 fully saturated rings. The molecule has 0 saturated carbocycles. The second-order valence-corrected chi connectivity index (χ2v) is 5.76. The lowest BCUT2D eigenvalue weighted by atomic mass is 10.1. The van der Waals surface area contributed by atoms with Crippen LogP contribution in [0.2, 0.25) is 0 Å². The molecule has 3 rings (SSSR count). The van der Waals surface area contributed by atoms with Crippen LogP contribution >= 0.6 is 0 Å². The van der Waals surface area contributed by atoms with Crippen molar-refractivity contribution in [2.75, 3.05) is 5.32 Å². The monoisotopic (exact) mass is 338 g/mol. The van der Waals surface area contributed by atoms with Crippen molar-refractivity contribution in [1.82, 2.24) is 14.8 Å². The Labute approximate surface area is 145 Å². The second kappa shape index (κ2) is 7.25. The zero-order valence-electron chi connectivity index (χ0n) is 14.2. The molecule has 0 radical (unpaired) electrons. The number of hydrogen-bond donors (Lipinski definition) is 1. The minimum absolute atomic E-state index is 0.146. The normalized spacial score (nSPS) is 10.7. The van der Waals surface area contributed by atoms with Gasteiger partial charge < -0.3 is 5.32 Å². The number of nitrogens with one attached hydrogen (secondary N) is 1. The number of anilines is 1. The van der Waals surface area contributed by atoms with Crippen molar-refractivity contribution in [3.8, 4) is 11.4 Å². The number of halogens is 1. The van der Waals surface area contributed by atoms with E-state index in [9.17, 15) is 9.18 Å². The van der Waals surface area contributed by atoms with Crippen LogP contribution in [0.1, 0.15) is 29.3 Å². The highest BCUT2D eigenvalue weighted by Crippen LogP contribution is 2.19. The van der Waals surface area contributed by atoms with E-state index in [1.165, 1.54) is 16.8 Å². The van der Waals surface area contributed by atoms with Gasteiger partial charge in [-0.15, -0.1) is 5.10 Å². The zero-order valence-corrected chi connectivity index (χ0v) is 14.2. The van der Waals surface area contributed by atoms with Crippen LogP contribution in [0.4, 0.5) is 10.3 Å². The Morgan fingerprint density at radius 3 is 2.44 bits per heavy atom. The average Bonchev–Trinajstić information content (AvgIpc) is 3.05. The van der Waals surface area contributed by atoms with Gasteiger partial charge in [-0.3, -0.25) is 4.79 Å². The van der Waals surface area contributed by atoms with Crippen LogP contribution in [0.25, 0.3) is 11.4 Å². The van der Waals surface area contributed by atoms with Crippen molar-refractivity contribution in [1.29, 1.82) is 0 Å². The summed E-state index contributed by atoms with van der Waals surface area (Å²) in [6, 6.07) is 14.0. The van der Waals surface area contributed by atoms with Gasteiger partial charge in [-0.25, -0.2) is 4.39 Å². The number of carbonyl (C=O) groups is 1. The molecule has 0 aliphatic heterocycles. The fraction of sp³-hybridized carbons (Fsp3) is 0.211. The van der Waals surface area contributed by atoms with E-state index in [0.29, 0.717) is 24.7 Å². The maximum atomic E-state index is 13.0. The van der Waals surface area contributed by atoms with Crippen molar-refractivity contribution in [2.45, 2.75) is 26.8 Å².